The highest BCUT2D eigenvalue weighted by atomic mass is 16.6. The van der Waals surface area contributed by atoms with E-state index in [1.807, 2.05) is 10.8 Å². The van der Waals surface area contributed by atoms with E-state index in [-0.39, 0.29) is 0 Å². The second-order valence-corrected chi connectivity index (χ2v) is 2.72. The van der Waals surface area contributed by atoms with Crippen molar-refractivity contribution in [1.29, 1.82) is 0 Å². The highest BCUT2D eigenvalue weighted by Crippen LogP contribution is 2.05. The van der Waals surface area contributed by atoms with Crippen molar-refractivity contribution >= 4 is 0 Å². The van der Waals surface area contributed by atoms with Crippen LogP contribution in [0.2, 0.25) is 0 Å². The zero-order chi connectivity index (χ0) is 8.27. The molecule has 0 unspecified atom stereocenters. The van der Waals surface area contributed by atoms with Gasteiger partial charge in [-0.05, 0) is 13.8 Å². The molecule has 1 rings (SSSR count). The summed E-state index contributed by atoms with van der Waals surface area (Å²) >= 11 is 0. The normalized spacial score (nSPS) is 10.9. The van der Waals surface area contributed by atoms with Gasteiger partial charge in [0.2, 0.25) is 0 Å². The summed E-state index contributed by atoms with van der Waals surface area (Å²) in [5.74, 6) is 4.90. The molecule has 0 amide bonds. The van der Waals surface area contributed by atoms with Crippen LogP contribution in [0.3, 0.4) is 0 Å². The summed E-state index contributed by atoms with van der Waals surface area (Å²) in [6.45, 7) is 4.56. The van der Waals surface area contributed by atoms with Gasteiger partial charge in [0.25, 0.3) is 0 Å². The highest BCUT2D eigenvalue weighted by Gasteiger charge is 1.99. The van der Waals surface area contributed by atoms with Crippen molar-refractivity contribution in [2.45, 2.75) is 26.5 Å². The second kappa shape index (κ2) is 3.50. The fourth-order valence-electron chi connectivity index (χ4n) is 0.822. The Morgan fingerprint density at radius 3 is 2.91 bits per heavy atom. The molecule has 4 nitrogen and oxygen atoms in total. The van der Waals surface area contributed by atoms with Crippen LogP contribution >= 0.6 is 0 Å². The van der Waals surface area contributed by atoms with E-state index in [0.717, 1.165) is 5.69 Å². The molecule has 1 aromatic rings. The van der Waals surface area contributed by atoms with Crippen molar-refractivity contribution in [3.05, 3.63) is 18.2 Å². The van der Waals surface area contributed by atoms with Gasteiger partial charge in [-0.25, -0.2) is 10.9 Å². The number of imidazole rings is 1. The third-order valence-electron chi connectivity index (χ3n) is 1.48. The number of rotatable bonds is 3. The first-order chi connectivity index (χ1) is 5.24. The van der Waals surface area contributed by atoms with Gasteiger partial charge in [0.05, 0.1) is 12.0 Å². The first-order valence-electron chi connectivity index (χ1n) is 3.58. The Labute approximate surface area is 65.9 Å². The minimum absolute atomic E-state index is 0.375. The Bertz CT molecular complexity index is 219. The summed E-state index contributed by atoms with van der Waals surface area (Å²) in [4.78, 5) is 8.53. The van der Waals surface area contributed by atoms with E-state index in [1.54, 1.807) is 6.33 Å². The van der Waals surface area contributed by atoms with Crippen LogP contribution in [0.15, 0.2) is 12.5 Å². The van der Waals surface area contributed by atoms with Crippen molar-refractivity contribution in [3.8, 4) is 0 Å². The SMILES string of the molecule is CC(C)n1cnc(CON)c1. The molecule has 0 aromatic carbocycles. The third kappa shape index (κ3) is 2.03. The average Bonchev–Trinajstić information content (AvgIpc) is 2.37. The van der Waals surface area contributed by atoms with Crippen LogP contribution in [0, 0.1) is 0 Å². The second-order valence-electron chi connectivity index (χ2n) is 2.72. The molecule has 62 valence electrons. The van der Waals surface area contributed by atoms with E-state index >= 15 is 0 Å². The topological polar surface area (TPSA) is 53.1 Å². The molecule has 4 heteroatoms. The molecule has 0 fully saturated rings. The Balaban J connectivity index is 2.66. The average molecular weight is 155 g/mol. The number of nitrogens with two attached hydrogens (primary N) is 1. The Morgan fingerprint density at radius 2 is 2.45 bits per heavy atom. The molecular formula is C7H13N3O. The lowest BCUT2D eigenvalue weighted by Crippen LogP contribution is -1.99. The number of aromatic nitrogens is 2. The smallest absolute Gasteiger partial charge is 0.112 e. The van der Waals surface area contributed by atoms with Gasteiger partial charge in [-0.1, -0.05) is 0 Å². The van der Waals surface area contributed by atoms with Gasteiger partial charge >= 0.3 is 0 Å². The molecule has 11 heavy (non-hydrogen) atoms. The molecule has 0 aliphatic heterocycles. The van der Waals surface area contributed by atoms with Crippen LogP contribution in [0.1, 0.15) is 25.6 Å². The molecule has 0 atom stereocenters. The maximum Gasteiger partial charge on any atom is 0.112 e. The summed E-state index contributed by atoms with van der Waals surface area (Å²) in [5, 5.41) is 0. The fourth-order valence-corrected chi connectivity index (χ4v) is 0.822. The summed E-state index contributed by atoms with van der Waals surface area (Å²) in [7, 11) is 0. The van der Waals surface area contributed by atoms with Gasteiger partial charge in [-0.3, -0.25) is 4.84 Å². The van der Waals surface area contributed by atoms with Crippen LogP contribution in [0.25, 0.3) is 0 Å². The summed E-state index contributed by atoms with van der Waals surface area (Å²) in [5.41, 5.74) is 0.862. The van der Waals surface area contributed by atoms with Gasteiger partial charge in [0.1, 0.15) is 6.61 Å². The predicted molar refractivity (Wildman–Crippen MR) is 41.6 cm³/mol. The minimum atomic E-state index is 0.375. The Hall–Kier alpha value is -0.870. The third-order valence-corrected chi connectivity index (χ3v) is 1.48. The maximum absolute atomic E-state index is 4.90. The van der Waals surface area contributed by atoms with Gasteiger partial charge in [-0.15, -0.1) is 0 Å². The molecule has 1 heterocycles. The largest absolute Gasteiger partial charge is 0.335 e. The van der Waals surface area contributed by atoms with E-state index in [2.05, 4.69) is 23.7 Å². The van der Waals surface area contributed by atoms with Crippen molar-refractivity contribution in [1.82, 2.24) is 9.55 Å². The molecule has 0 saturated heterocycles. The van der Waals surface area contributed by atoms with Crippen LogP contribution in [-0.4, -0.2) is 9.55 Å². The number of hydrogen-bond donors (Lipinski definition) is 1. The quantitative estimate of drug-likeness (QED) is 0.658. The molecule has 0 radical (unpaired) electrons. The molecule has 0 saturated carbocycles. The standard InChI is InChI=1S/C7H13N3O/c1-6(2)10-3-7(4-11-8)9-5-10/h3,5-6H,4,8H2,1-2H3. The Kier molecular flexibility index (Phi) is 2.62. The van der Waals surface area contributed by atoms with E-state index in [0.29, 0.717) is 12.6 Å². The van der Waals surface area contributed by atoms with E-state index in [1.165, 1.54) is 0 Å². The zero-order valence-electron chi connectivity index (χ0n) is 6.82. The summed E-state index contributed by atoms with van der Waals surface area (Å²) < 4.78 is 2.01. The predicted octanol–water partition coefficient (Wildman–Crippen LogP) is 0.854. The van der Waals surface area contributed by atoms with Crippen LogP contribution in [0.5, 0.6) is 0 Å². The Morgan fingerprint density at radius 1 is 1.73 bits per heavy atom. The van der Waals surface area contributed by atoms with E-state index in [9.17, 15) is 0 Å². The molecule has 1 aromatic heterocycles. The van der Waals surface area contributed by atoms with Gasteiger partial charge < -0.3 is 4.57 Å². The lowest BCUT2D eigenvalue weighted by atomic mass is 10.4. The number of nitrogens with zero attached hydrogens (tertiary/aromatic N) is 2. The maximum atomic E-state index is 4.90. The summed E-state index contributed by atoms with van der Waals surface area (Å²) in [6, 6.07) is 0.439. The molecule has 0 spiro atoms. The highest BCUT2D eigenvalue weighted by molar-refractivity contribution is 4.95. The summed E-state index contributed by atoms with van der Waals surface area (Å²) in [6.07, 6.45) is 3.70. The lowest BCUT2D eigenvalue weighted by molar-refractivity contribution is 0.121. The van der Waals surface area contributed by atoms with Crippen molar-refractivity contribution in [3.63, 3.8) is 0 Å². The van der Waals surface area contributed by atoms with Crippen LogP contribution in [0.4, 0.5) is 0 Å². The van der Waals surface area contributed by atoms with Crippen LogP contribution in [-0.2, 0) is 11.4 Å². The zero-order valence-corrected chi connectivity index (χ0v) is 6.82. The lowest BCUT2D eigenvalue weighted by Gasteiger charge is -2.03. The van der Waals surface area contributed by atoms with E-state index < -0.39 is 0 Å². The fraction of sp³-hybridized carbons (Fsp3) is 0.571. The van der Waals surface area contributed by atoms with E-state index in [4.69, 9.17) is 5.90 Å². The molecular weight excluding hydrogens is 142 g/mol. The van der Waals surface area contributed by atoms with Gasteiger partial charge in [0, 0.05) is 12.2 Å². The van der Waals surface area contributed by atoms with Gasteiger partial charge in [-0.2, -0.15) is 0 Å². The first-order valence-corrected chi connectivity index (χ1v) is 3.58. The number of hydrogen-bond acceptors (Lipinski definition) is 3. The van der Waals surface area contributed by atoms with Crippen LogP contribution < -0.4 is 5.90 Å². The molecule has 0 aliphatic rings. The minimum Gasteiger partial charge on any atom is -0.335 e. The molecule has 0 aliphatic carbocycles. The van der Waals surface area contributed by atoms with Crippen molar-refractivity contribution < 1.29 is 4.84 Å². The molecule has 2 N–H and O–H groups in total. The first kappa shape index (κ1) is 8.23. The van der Waals surface area contributed by atoms with Crippen molar-refractivity contribution in [2.24, 2.45) is 5.90 Å². The van der Waals surface area contributed by atoms with Gasteiger partial charge in [0.15, 0.2) is 0 Å². The van der Waals surface area contributed by atoms with Crippen molar-refractivity contribution in [2.75, 3.05) is 0 Å². The molecule has 0 bridgehead atoms. The monoisotopic (exact) mass is 155 g/mol.